The topological polar surface area (TPSA) is 44.0 Å². The first-order valence-electron chi connectivity index (χ1n) is 7.60. The van der Waals surface area contributed by atoms with Crippen LogP contribution in [0.1, 0.15) is 22.3 Å². The van der Waals surface area contributed by atoms with E-state index in [0.717, 1.165) is 0 Å². The zero-order valence-electron chi connectivity index (χ0n) is 13.0. The van der Waals surface area contributed by atoms with Gasteiger partial charge in [0.15, 0.2) is 5.60 Å². The van der Waals surface area contributed by atoms with Gasteiger partial charge in [-0.3, -0.25) is 0 Å². The molecule has 24 heavy (non-hydrogen) atoms. The van der Waals surface area contributed by atoms with Gasteiger partial charge in [-0.2, -0.15) is 5.26 Å². The van der Waals surface area contributed by atoms with Crippen molar-refractivity contribution >= 4 is 0 Å². The van der Waals surface area contributed by atoms with Gasteiger partial charge in [0.1, 0.15) is 6.07 Å². The molecule has 114 valence electrons. The van der Waals surface area contributed by atoms with E-state index in [9.17, 15) is 10.4 Å². The molecule has 2 nitrogen and oxygen atoms in total. The molecule has 0 aliphatic heterocycles. The van der Waals surface area contributed by atoms with E-state index in [2.05, 4.69) is 17.9 Å². The number of aliphatic hydroxyl groups is 1. The standard InChI is InChI=1S/C22H15NO/c23-17-19-10-8-7-9-18(19)15-16-22(24,20-11-3-1-4-12-20)21-13-5-2-6-14-21/h1-14,24H. The van der Waals surface area contributed by atoms with Crippen LogP contribution in [-0.2, 0) is 5.60 Å². The van der Waals surface area contributed by atoms with Crippen molar-refractivity contribution in [3.63, 3.8) is 0 Å². The molecule has 0 aliphatic carbocycles. The predicted molar refractivity (Wildman–Crippen MR) is 93.9 cm³/mol. The second kappa shape index (κ2) is 6.84. The summed E-state index contributed by atoms with van der Waals surface area (Å²) in [5.41, 5.74) is 1.04. The fourth-order valence-corrected chi connectivity index (χ4v) is 2.52. The van der Waals surface area contributed by atoms with Gasteiger partial charge in [-0.05, 0) is 12.1 Å². The first-order valence-corrected chi connectivity index (χ1v) is 7.60. The third-order valence-corrected chi connectivity index (χ3v) is 3.81. The van der Waals surface area contributed by atoms with Crippen LogP contribution in [0.25, 0.3) is 0 Å². The minimum absolute atomic E-state index is 0.494. The number of nitrogens with zero attached hydrogens (tertiary/aromatic N) is 1. The summed E-state index contributed by atoms with van der Waals surface area (Å²) < 4.78 is 0. The summed E-state index contributed by atoms with van der Waals surface area (Å²) >= 11 is 0. The van der Waals surface area contributed by atoms with Crippen molar-refractivity contribution in [1.29, 1.82) is 5.26 Å². The van der Waals surface area contributed by atoms with Crippen LogP contribution in [0.2, 0.25) is 0 Å². The highest BCUT2D eigenvalue weighted by molar-refractivity contribution is 5.52. The number of hydrogen-bond donors (Lipinski definition) is 1. The maximum Gasteiger partial charge on any atom is 0.177 e. The van der Waals surface area contributed by atoms with Crippen LogP contribution in [0.3, 0.4) is 0 Å². The first-order chi connectivity index (χ1) is 11.7. The smallest absolute Gasteiger partial charge is 0.177 e. The Morgan fingerprint density at radius 3 is 1.62 bits per heavy atom. The van der Waals surface area contributed by atoms with Crippen molar-refractivity contribution in [2.45, 2.75) is 5.60 Å². The highest BCUT2D eigenvalue weighted by Gasteiger charge is 2.29. The zero-order valence-corrected chi connectivity index (χ0v) is 13.0. The van der Waals surface area contributed by atoms with E-state index in [4.69, 9.17) is 0 Å². The van der Waals surface area contributed by atoms with Crippen LogP contribution in [0.15, 0.2) is 84.9 Å². The highest BCUT2D eigenvalue weighted by atomic mass is 16.3. The molecule has 0 fully saturated rings. The van der Waals surface area contributed by atoms with E-state index >= 15 is 0 Å². The van der Waals surface area contributed by atoms with Gasteiger partial charge in [0, 0.05) is 16.7 Å². The Morgan fingerprint density at radius 2 is 1.12 bits per heavy atom. The molecule has 0 spiro atoms. The van der Waals surface area contributed by atoms with Crippen LogP contribution in [0.4, 0.5) is 0 Å². The first kappa shape index (κ1) is 15.6. The number of benzene rings is 3. The van der Waals surface area contributed by atoms with Crippen LogP contribution >= 0.6 is 0 Å². The van der Waals surface area contributed by atoms with E-state index in [0.29, 0.717) is 22.3 Å². The minimum Gasteiger partial charge on any atom is -0.369 e. The van der Waals surface area contributed by atoms with Crippen LogP contribution < -0.4 is 0 Å². The van der Waals surface area contributed by atoms with Crippen LogP contribution in [0.5, 0.6) is 0 Å². The van der Waals surface area contributed by atoms with Crippen molar-refractivity contribution in [2.24, 2.45) is 0 Å². The normalized spacial score (nSPS) is 10.3. The Morgan fingerprint density at radius 1 is 0.667 bits per heavy atom. The van der Waals surface area contributed by atoms with Crippen molar-refractivity contribution < 1.29 is 5.11 Å². The number of nitriles is 1. The van der Waals surface area contributed by atoms with Crippen LogP contribution in [-0.4, -0.2) is 5.11 Å². The molecule has 0 radical (unpaired) electrons. The summed E-state index contributed by atoms with van der Waals surface area (Å²) in [4.78, 5) is 0. The lowest BCUT2D eigenvalue weighted by atomic mass is 9.86. The highest BCUT2D eigenvalue weighted by Crippen LogP contribution is 2.29. The maximum atomic E-state index is 11.3. The second-order valence-electron chi connectivity index (χ2n) is 5.35. The summed E-state index contributed by atoms with van der Waals surface area (Å²) in [5, 5.41) is 20.5. The van der Waals surface area contributed by atoms with Gasteiger partial charge in [0.05, 0.1) is 5.56 Å². The molecular weight excluding hydrogens is 294 g/mol. The average molecular weight is 309 g/mol. The monoisotopic (exact) mass is 309 g/mol. The summed E-state index contributed by atoms with van der Waals surface area (Å²) in [6.45, 7) is 0. The Balaban J connectivity index is 2.15. The lowest BCUT2D eigenvalue weighted by Gasteiger charge is -2.23. The maximum absolute atomic E-state index is 11.3. The van der Waals surface area contributed by atoms with Gasteiger partial charge < -0.3 is 5.11 Å². The van der Waals surface area contributed by atoms with Crippen LogP contribution in [0, 0.1) is 23.2 Å². The van der Waals surface area contributed by atoms with E-state index < -0.39 is 5.60 Å². The molecule has 0 heterocycles. The van der Waals surface area contributed by atoms with Gasteiger partial charge in [-0.1, -0.05) is 84.6 Å². The molecule has 0 aliphatic rings. The van der Waals surface area contributed by atoms with Gasteiger partial charge in [-0.15, -0.1) is 0 Å². The Labute approximate surface area is 141 Å². The Kier molecular flexibility index (Phi) is 4.43. The zero-order chi connectivity index (χ0) is 16.8. The molecule has 3 aromatic rings. The van der Waals surface area contributed by atoms with Gasteiger partial charge in [0.2, 0.25) is 0 Å². The van der Waals surface area contributed by atoms with E-state index in [1.54, 1.807) is 18.2 Å². The molecule has 0 aromatic heterocycles. The minimum atomic E-state index is -1.44. The van der Waals surface area contributed by atoms with Gasteiger partial charge >= 0.3 is 0 Å². The quantitative estimate of drug-likeness (QED) is 0.731. The third-order valence-electron chi connectivity index (χ3n) is 3.81. The third kappa shape index (κ3) is 3.06. The molecule has 2 heteroatoms. The summed E-state index contributed by atoms with van der Waals surface area (Å²) in [6.07, 6.45) is 0. The molecule has 3 rings (SSSR count). The molecular formula is C22H15NO. The van der Waals surface area contributed by atoms with Gasteiger partial charge in [-0.25, -0.2) is 0 Å². The molecule has 0 atom stereocenters. The number of hydrogen-bond acceptors (Lipinski definition) is 2. The lowest BCUT2D eigenvalue weighted by molar-refractivity contribution is 0.145. The SMILES string of the molecule is N#Cc1ccccc1C#CC(O)(c1ccccc1)c1ccccc1. The molecule has 0 amide bonds. The summed E-state index contributed by atoms with van der Waals surface area (Å²) in [5.74, 6) is 5.95. The fourth-order valence-electron chi connectivity index (χ4n) is 2.52. The van der Waals surface area contributed by atoms with E-state index in [1.165, 1.54) is 0 Å². The summed E-state index contributed by atoms with van der Waals surface area (Å²) in [7, 11) is 0. The number of rotatable bonds is 2. The van der Waals surface area contributed by atoms with Gasteiger partial charge in [0.25, 0.3) is 0 Å². The molecule has 3 aromatic carbocycles. The van der Waals surface area contributed by atoms with E-state index in [-0.39, 0.29) is 0 Å². The second-order valence-corrected chi connectivity index (χ2v) is 5.35. The fraction of sp³-hybridized carbons (Fsp3) is 0.0455. The molecule has 0 unspecified atom stereocenters. The Bertz CT molecular complexity index is 889. The van der Waals surface area contributed by atoms with Crippen molar-refractivity contribution in [3.8, 4) is 17.9 Å². The molecule has 0 saturated heterocycles. The Hall–Kier alpha value is -3.33. The molecule has 0 bridgehead atoms. The molecule has 0 saturated carbocycles. The van der Waals surface area contributed by atoms with E-state index in [1.807, 2.05) is 66.7 Å². The van der Waals surface area contributed by atoms with Crippen molar-refractivity contribution in [2.75, 3.05) is 0 Å². The van der Waals surface area contributed by atoms with Crippen molar-refractivity contribution in [3.05, 3.63) is 107 Å². The summed E-state index contributed by atoms with van der Waals surface area (Å²) in [6, 6.07) is 27.9. The predicted octanol–water partition coefficient (Wildman–Crippen LogP) is 3.85. The van der Waals surface area contributed by atoms with Crippen molar-refractivity contribution in [1.82, 2.24) is 0 Å². The lowest BCUT2D eigenvalue weighted by Crippen LogP contribution is -2.25. The largest absolute Gasteiger partial charge is 0.369 e. The average Bonchev–Trinajstić information content (AvgIpc) is 2.67. The molecule has 1 N–H and O–H groups in total.